The van der Waals surface area contributed by atoms with Crippen LogP contribution in [0.3, 0.4) is 0 Å². The molecule has 1 unspecified atom stereocenters. The van der Waals surface area contributed by atoms with Gasteiger partial charge in [0.25, 0.3) is 5.91 Å². The van der Waals surface area contributed by atoms with Crippen LogP contribution in [0.25, 0.3) is 11.3 Å². The molecule has 10 heteroatoms. The van der Waals surface area contributed by atoms with Gasteiger partial charge in [0.05, 0.1) is 5.69 Å². The second-order valence-corrected chi connectivity index (χ2v) is 9.00. The third kappa shape index (κ3) is 5.04. The van der Waals surface area contributed by atoms with Crippen LogP contribution >= 0.6 is 0 Å². The molecule has 0 radical (unpaired) electrons. The van der Waals surface area contributed by atoms with E-state index in [1.165, 1.54) is 28.1 Å². The number of rotatable bonds is 5. The molecule has 188 valence electrons. The van der Waals surface area contributed by atoms with Crippen molar-refractivity contribution >= 4 is 23.8 Å². The first kappa shape index (κ1) is 24.1. The van der Waals surface area contributed by atoms with Crippen LogP contribution < -0.4 is 10.1 Å². The van der Waals surface area contributed by atoms with E-state index in [9.17, 15) is 23.6 Å². The Hall–Kier alpha value is -4.60. The van der Waals surface area contributed by atoms with Gasteiger partial charge < -0.3 is 14.5 Å². The van der Waals surface area contributed by atoms with Gasteiger partial charge in [-0.3, -0.25) is 24.7 Å². The quantitative estimate of drug-likeness (QED) is 0.537. The lowest BCUT2D eigenvalue weighted by molar-refractivity contribution is -0.136. The highest BCUT2D eigenvalue weighted by Crippen LogP contribution is 2.29. The molecule has 1 aromatic heterocycles. The van der Waals surface area contributed by atoms with Gasteiger partial charge in [-0.15, -0.1) is 0 Å². The number of imide groups is 1. The minimum absolute atomic E-state index is 0.188. The maximum absolute atomic E-state index is 13.2. The van der Waals surface area contributed by atoms with Crippen molar-refractivity contribution in [1.29, 1.82) is 0 Å². The molecule has 0 saturated carbocycles. The van der Waals surface area contributed by atoms with E-state index in [0.29, 0.717) is 23.2 Å². The van der Waals surface area contributed by atoms with E-state index in [0.717, 1.165) is 11.1 Å². The molecule has 1 atom stereocenters. The van der Waals surface area contributed by atoms with E-state index in [1.54, 1.807) is 37.4 Å². The zero-order chi connectivity index (χ0) is 26.1. The number of benzene rings is 2. The molecular formula is C27H23FN4O5. The molecule has 9 nitrogen and oxygen atoms in total. The molecule has 5 rings (SSSR count). The SMILES string of the molecule is CN(Cc1ccc2c(c1)C(=O)N(C1CCC(=O)NC1=O)C2)C(=O)Oc1ccnc(-c2ccc(F)cc2)c1. The van der Waals surface area contributed by atoms with Crippen LogP contribution in [0.5, 0.6) is 5.75 Å². The van der Waals surface area contributed by atoms with Crippen molar-refractivity contribution in [3.05, 3.63) is 83.3 Å². The third-order valence-corrected chi connectivity index (χ3v) is 6.40. The summed E-state index contributed by atoms with van der Waals surface area (Å²) < 4.78 is 18.7. The fourth-order valence-corrected chi connectivity index (χ4v) is 4.47. The maximum atomic E-state index is 13.2. The molecule has 2 aromatic carbocycles. The second kappa shape index (κ2) is 9.81. The minimum atomic E-state index is -0.682. The Labute approximate surface area is 211 Å². The van der Waals surface area contributed by atoms with Gasteiger partial charge in [0.2, 0.25) is 11.8 Å². The van der Waals surface area contributed by atoms with Crippen LogP contribution in [0.15, 0.2) is 60.8 Å². The predicted octanol–water partition coefficient (Wildman–Crippen LogP) is 3.28. The van der Waals surface area contributed by atoms with Crippen molar-refractivity contribution in [2.24, 2.45) is 0 Å². The zero-order valence-electron chi connectivity index (χ0n) is 19.9. The number of nitrogens with one attached hydrogen (secondary N) is 1. The number of amides is 4. The number of hydrogen-bond acceptors (Lipinski definition) is 6. The summed E-state index contributed by atoms with van der Waals surface area (Å²) in [5.74, 6) is -1.14. The van der Waals surface area contributed by atoms with E-state index in [1.807, 2.05) is 12.1 Å². The number of hydrogen-bond donors (Lipinski definition) is 1. The highest BCUT2D eigenvalue weighted by Gasteiger charge is 2.39. The summed E-state index contributed by atoms with van der Waals surface area (Å²) in [6, 6.07) is 13.6. The molecule has 0 bridgehead atoms. The Morgan fingerprint density at radius 2 is 1.92 bits per heavy atom. The Balaban J connectivity index is 1.24. The van der Waals surface area contributed by atoms with Gasteiger partial charge >= 0.3 is 6.09 Å². The van der Waals surface area contributed by atoms with Gasteiger partial charge in [0.1, 0.15) is 17.6 Å². The van der Waals surface area contributed by atoms with E-state index in [-0.39, 0.29) is 42.9 Å². The highest BCUT2D eigenvalue weighted by molar-refractivity contribution is 6.05. The lowest BCUT2D eigenvalue weighted by atomic mass is 10.0. The van der Waals surface area contributed by atoms with Crippen LogP contribution in [0.1, 0.15) is 34.3 Å². The van der Waals surface area contributed by atoms with E-state index in [4.69, 9.17) is 4.74 Å². The van der Waals surface area contributed by atoms with Gasteiger partial charge in [0, 0.05) is 49.9 Å². The monoisotopic (exact) mass is 502 g/mol. The number of carbonyl (C=O) groups excluding carboxylic acids is 4. The topological polar surface area (TPSA) is 109 Å². The Morgan fingerprint density at radius 1 is 1.14 bits per heavy atom. The molecule has 1 N–H and O–H groups in total. The van der Waals surface area contributed by atoms with Crippen LogP contribution in [0.4, 0.5) is 9.18 Å². The average Bonchev–Trinajstić information content (AvgIpc) is 3.20. The van der Waals surface area contributed by atoms with Crippen LogP contribution in [-0.2, 0) is 22.7 Å². The van der Waals surface area contributed by atoms with Crippen LogP contribution in [-0.4, -0.2) is 51.7 Å². The van der Waals surface area contributed by atoms with Crippen molar-refractivity contribution in [2.75, 3.05) is 7.05 Å². The summed E-state index contributed by atoms with van der Waals surface area (Å²) in [6.45, 7) is 0.477. The summed E-state index contributed by atoms with van der Waals surface area (Å²) in [4.78, 5) is 56.5. The number of nitrogens with zero attached hydrogens (tertiary/aromatic N) is 3. The molecule has 0 aliphatic carbocycles. The molecule has 37 heavy (non-hydrogen) atoms. The van der Waals surface area contributed by atoms with Crippen molar-refractivity contribution in [1.82, 2.24) is 20.1 Å². The van der Waals surface area contributed by atoms with E-state index in [2.05, 4.69) is 10.3 Å². The highest BCUT2D eigenvalue weighted by atomic mass is 19.1. The van der Waals surface area contributed by atoms with E-state index >= 15 is 0 Å². The second-order valence-electron chi connectivity index (χ2n) is 9.00. The smallest absolute Gasteiger partial charge is 0.410 e. The zero-order valence-corrected chi connectivity index (χ0v) is 19.9. The largest absolute Gasteiger partial charge is 0.415 e. The minimum Gasteiger partial charge on any atom is -0.410 e. The van der Waals surface area contributed by atoms with Gasteiger partial charge in [-0.2, -0.15) is 0 Å². The Bertz CT molecular complexity index is 1410. The average molecular weight is 503 g/mol. The van der Waals surface area contributed by atoms with Crippen molar-refractivity contribution < 1.29 is 28.3 Å². The summed E-state index contributed by atoms with van der Waals surface area (Å²) in [5.41, 5.74) is 3.20. The fraction of sp³-hybridized carbons (Fsp3) is 0.222. The van der Waals surface area contributed by atoms with Gasteiger partial charge in [-0.25, -0.2) is 9.18 Å². The maximum Gasteiger partial charge on any atom is 0.415 e. The molecule has 3 aromatic rings. The summed E-state index contributed by atoms with van der Waals surface area (Å²) in [7, 11) is 1.58. The first-order valence-electron chi connectivity index (χ1n) is 11.7. The standard InChI is InChI=1S/C27H23FN4O5/c1-31(27(36)37-20-10-11-29-22(13-20)17-4-6-19(28)7-5-17)14-16-2-3-18-15-32(26(35)21(18)12-16)23-8-9-24(33)30-25(23)34/h2-7,10-13,23H,8-9,14-15H2,1H3,(H,30,33,34). The van der Waals surface area contributed by atoms with Crippen LogP contribution in [0, 0.1) is 5.82 Å². The number of halogens is 1. The number of ether oxygens (including phenoxy) is 1. The molecule has 4 amide bonds. The predicted molar refractivity (Wildman–Crippen MR) is 130 cm³/mol. The third-order valence-electron chi connectivity index (χ3n) is 6.40. The summed E-state index contributed by atoms with van der Waals surface area (Å²) >= 11 is 0. The number of fused-ring (bicyclic) bond motifs is 1. The lowest BCUT2D eigenvalue weighted by Crippen LogP contribution is -2.52. The number of pyridine rings is 1. The molecule has 3 heterocycles. The van der Waals surface area contributed by atoms with Gasteiger partial charge in [-0.1, -0.05) is 12.1 Å². The lowest BCUT2D eigenvalue weighted by Gasteiger charge is -2.29. The van der Waals surface area contributed by atoms with Crippen molar-refractivity contribution in [3.8, 4) is 17.0 Å². The van der Waals surface area contributed by atoms with Crippen LogP contribution in [0.2, 0.25) is 0 Å². The normalized spacial score (nSPS) is 16.9. The number of carbonyl (C=O) groups is 4. The molecule has 2 aliphatic heterocycles. The molecule has 1 saturated heterocycles. The number of aromatic nitrogens is 1. The fourth-order valence-electron chi connectivity index (χ4n) is 4.47. The molecular weight excluding hydrogens is 479 g/mol. The van der Waals surface area contributed by atoms with Gasteiger partial charge in [-0.05, 0) is 53.9 Å². The molecule has 0 spiro atoms. The van der Waals surface area contributed by atoms with Crippen molar-refractivity contribution in [3.63, 3.8) is 0 Å². The molecule has 1 fully saturated rings. The summed E-state index contributed by atoms with van der Waals surface area (Å²) in [5, 5.41) is 2.29. The van der Waals surface area contributed by atoms with Crippen molar-refractivity contribution in [2.45, 2.75) is 32.0 Å². The first-order chi connectivity index (χ1) is 17.8. The number of piperidine rings is 1. The summed E-state index contributed by atoms with van der Waals surface area (Å²) in [6.07, 6.45) is 1.39. The first-order valence-corrected chi connectivity index (χ1v) is 11.7. The Morgan fingerprint density at radius 3 is 2.68 bits per heavy atom. The van der Waals surface area contributed by atoms with Gasteiger partial charge in [0.15, 0.2) is 0 Å². The Kier molecular flexibility index (Phi) is 6.39. The van der Waals surface area contributed by atoms with E-state index < -0.39 is 18.0 Å². The molecule has 2 aliphatic rings.